The number of carbonyl (C=O) groups excluding carboxylic acids is 1. The van der Waals surface area contributed by atoms with E-state index in [9.17, 15) is 35.9 Å². The number of benzene rings is 1. The van der Waals surface area contributed by atoms with Crippen LogP contribution in [0.4, 0.5) is 32.2 Å². The fourth-order valence-corrected chi connectivity index (χ4v) is 3.73. The average Bonchev–Trinajstić information content (AvgIpc) is 2.98. The number of carboxylic acid groups (broad SMARTS) is 3. The van der Waals surface area contributed by atoms with Crippen LogP contribution in [0.1, 0.15) is 30.4 Å². The normalized spacial score (nSPS) is 13.2. The molecule has 1 fully saturated rings. The van der Waals surface area contributed by atoms with Crippen molar-refractivity contribution in [2.45, 2.75) is 38.0 Å². The minimum atomic E-state index is -5.08. The van der Waals surface area contributed by atoms with E-state index in [1.165, 1.54) is 0 Å². The highest BCUT2D eigenvalue weighted by atomic mass is 35.5. The maximum absolute atomic E-state index is 12.5. The molecule has 0 atom stereocenters. The lowest BCUT2D eigenvalue weighted by Gasteiger charge is -2.31. The van der Waals surface area contributed by atoms with Crippen molar-refractivity contribution in [3.05, 3.63) is 46.6 Å². The first-order chi connectivity index (χ1) is 21.7. The first-order valence-electron chi connectivity index (χ1n) is 13.2. The molecule has 1 aliphatic rings. The number of halogens is 7. The van der Waals surface area contributed by atoms with Crippen molar-refractivity contribution in [3.8, 4) is 5.75 Å². The van der Waals surface area contributed by atoms with Gasteiger partial charge in [0.15, 0.2) is 11.0 Å². The summed E-state index contributed by atoms with van der Waals surface area (Å²) in [6.45, 7) is 1.93. The number of nitrogens with one attached hydrogen (secondary N) is 2. The molecule has 0 saturated carbocycles. The molecule has 0 bridgehead atoms. The summed E-state index contributed by atoms with van der Waals surface area (Å²) >= 11 is 5.78. The Morgan fingerprint density at radius 2 is 1.53 bits per heavy atom. The summed E-state index contributed by atoms with van der Waals surface area (Å²) in [5, 5.41) is 42.0. The van der Waals surface area contributed by atoms with Crippen LogP contribution in [0, 0.1) is 11.3 Å². The van der Waals surface area contributed by atoms with Gasteiger partial charge in [0.2, 0.25) is 5.91 Å². The predicted octanol–water partition coefficient (Wildman–Crippen LogP) is 3.11. The van der Waals surface area contributed by atoms with E-state index in [0.717, 1.165) is 5.82 Å². The average molecular weight is 703 g/mol. The van der Waals surface area contributed by atoms with Crippen LogP contribution in [0.3, 0.4) is 0 Å². The van der Waals surface area contributed by atoms with Crippen LogP contribution in [-0.2, 0) is 25.6 Å². The van der Waals surface area contributed by atoms with Crippen molar-refractivity contribution in [1.82, 2.24) is 15.5 Å². The number of amides is 1. The zero-order chi connectivity index (χ0) is 35.9. The van der Waals surface area contributed by atoms with Gasteiger partial charge in [-0.3, -0.25) is 15.0 Å². The van der Waals surface area contributed by atoms with E-state index in [1.54, 1.807) is 24.3 Å². The summed E-state index contributed by atoms with van der Waals surface area (Å²) in [4.78, 5) is 43.3. The van der Waals surface area contributed by atoms with Gasteiger partial charge in [0.1, 0.15) is 18.2 Å². The van der Waals surface area contributed by atoms with Crippen molar-refractivity contribution >= 4 is 47.1 Å². The summed E-state index contributed by atoms with van der Waals surface area (Å²) in [6, 6.07) is 8.51. The maximum atomic E-state index is 12.5. The van der Waals surface area contributed by atoms with Gasteiger partial charge in [0.25, 0.3) is 0 Å². The second kappa shape index (κ2) is 18.3. The second-order valence-electron chi connectivity index (χ2n) is 9.35. The lowest BCUT2D eigenvalue weighted by Crippen LogP contribution is -2.41. The van der Waals surface area contributed by atoms with Crippen molar-refractivity contribution in [3.63, 3.8) is 0 Å². The second-order valence-corrected chi connectivity index (χ2v) is 9.74. The predicted molar refractivity (Wildman–Crippen MR) is 151 cm³/mol. The fourth-order valence-electron chi connectivity index (χ4n) is 3.63. The van der Waals surface area contributed by atoms with Crippen LogP contribution in [0.15, 0.2) is 30.3 Å². The molecular formula is C26H29ClF6N6O8. The van der Waals surface area contributed by atoms with Gasteiger partial charge in [-0.05, 0) is 43.0 Å². The molecule has 0 radical (unpaired) electrons. The van der Waals surface area contributed by atoms with Crippen LogP contribution in [0.5, 0.6) is 5.75 Å². The van der Waals surface area contributed by atoms with Crippen molar-refractivity contribution in [2.24, 2.45) is 11.7 Å². The number of rotatable bonds is 10. The summed E-state index contributed by atoms with van der Waals surface area (Å²) in [5.41, 5.74) is 6.75. The van der Waals surface area contributed by atoms with Gasteiger partial charge in [-0.15, -0.1) is 10.2 Å². The van der Waals surface area contributed by atoms with Gasteiger partial charge in [-0.25, -0.2) is 9.59 Å². The number of carboxylic acids is 3. The number of alkyl halides is 6. The Labute approximate surface area is 267 Å². The molecule has 21 heteroatoms. The number of anilines is 1. The zero-order valence-corrected chi connectivity index (χ0v) is 24.8. The molecule has 0 unspecified atom stereocenters. The lowest BCUT2D eigenvalue weighted by atomic mass is 9.96. The number of aliphatic carboxylic acids is 3. The quantitative estimate of drug-likeness (QED) is 0.0908. The van der Waals surface area contributed by atoms with Crippen molar-refractivity contribution in [1.29, 1.82) is 5.41 Å². The van der Waals surface area contributed by atoms with Gasteiger partial charge < -0.3 is 36.0 Å². The lowest BCUT2D eigenvalue weighted by molar-refractivity contribution is -0.193. The van der Waals surface area contributed by atoms with Gasteiger partial charge >= 0.3 is 30.3 Å². The monoisotopic (exact) mass is 702 g/mol. The number of amidine groups is 1. The number of nitrogens with two attached hydrogens (primary N) is 1. The third-order valence-corrected chi connectivity index (χ3v) is 6.14. The molecule has 1 aromatic carbocycles. The summed E-state index contributed by atoms with van der Waals surface area (Å²) in [7, 11) is 0. The molecule has 14 nitrogen and oxygen atoms in total. The molecule has 2 heterocycles. The Morgan fingerprint density at radius 1 is 0.979 bits per heavy atom. The number of ether oxygens (including phenoxy) is 1. The van der Waals surface area contributed by atoms with E-state index < -0.39 is 30.3 Å². The highest BCUT2D eigenvalue weighted by Crippen LogP contribution is 2.24. The van der Waals surface area contributed by atoms with Crippen LogP contribution >= 0.6 is 11.6 Å². The molecule has 1 amide bonds. The van der Waals surface area contributed by atoms with E-state index in [0.29, 0.717) is 60.9 Å². The topological polar surface area (TPSA) is 229 Å². The zero-order valence-electron chi connectivity index (χ0n) is 24.1. The molecule has 1 aromatic heterocycles. The maximum Gasteiger partial charge on any atom is 0.490 e. The smallest absolute Gasteiger partial charge is 0.490 e. The number of nitrogen functional groups attached to an aromatic ring is 1. The molecule has 7 N–H and O–H groups in total. The molecule has 3 rings (SSSR count). The molecule has 2 aromatic rings. The van der Waals surface area contributed by atoms with Gasteiger partial charge in [-0.2, -0.15) is 26.3 Å². The number of aryl methyl sites for hydroxylation is 1. The minimum absolute atomic E-state index is 0.0240. The van der Waals surface area contributed by atoms with Crippen molar-refractivity contribution in [2.75, 3.05) is 31.1 Å². The Morgan fingerprint density at radius 3 is 1.98 bits per heavy atom. The van der Waals surface area contributed by atoms with Gasteiger partial charge in [0, 0.05) is 31.0 Å². The summed E-state index contributed by atoms with van der Waals surface area (Å²) in [6.07, 6.45) is -8.49. The van der Waals surface area contributed by atoms with Crippen LogP contribution in [-0.4, -0.2) is 93.8 Å². The number of piperidine rings is 1. The first kappa shape index (κ1) is 40.1. The Balaban J connectivity index is 0.000000658. The molecular weight excluding hydrogens is 674 g/mol. The molecule has 47 heavy (non-hydrogen) atoms. The highest BCUT2D eigenvalue weighted by Gasteiger charge is 2.39. The van der Waals surface area contributed by atoms with Crippen LogP contribution in [0.25, 0.3) is 0 Å². The van der Waals surface area contributed by atoms with Crippen LogP contribution < -0.4 is 20.7 Å². The van der Waals surface area contributed by atoms with E-state index in [4.69, 9.17) is 52.4 Å². The van der Waals surface area contributed by atoms with Crippen LogP contribution in [0.2, 0.25) is 5.15 Å². The third kappa shape index (κ3) is 15.3. The highest BCUT2D eigenvalue weighted by molar-refractivity contribution is 6.29. The largest absolute Gasteiger partial charge is 0.491 e. The first-order valence-corrected chi connectivity index (χ1v) is 13.5. The molecule has 260 valence electrons. The summed E-state index contributed by atoms with van der Waals surface area (Å²) < 4.78 is 69.3. The van der Waals surface area contributed by atoms with E-state index in [2.05, 4.69) is 20.4 Å². The minimum Gasteiger partial charge on any atom is -0.491 e. The van der Waals surface area contributed by atoms with Crippen molar-refractivity contribution < 1.29 is 65.6 Å². The molecule has 0 aliphatic carbocycles. The van der Waals surface area contributed by atoms with E-state index >= 15 is 0 Å². The molecule has 0 spiro atoms. The molecule has 1 aliphatic heterocycles. The fraction of sp³-hybridized carbons (Fsp3) is 0.423. The van der Waals surface area contributed by atoms with Gasteiger partial charge in [-0.1, -0.05) is 23.7 Å². The number of aromatic nitrogens is 2. The number of hydrogen-bond donors (Lipinski definition) is 6. The molecule has 1 saturated heterocycles. The third-order valence-electron chi connectivity index (χ3n) is 5.94. The van der Waals surface area contributed by atoms with E-state index in [1.807, 2.05) is 6.07 Å². The number of hydrogen-bond acceptors (Lipinski definition) is 9. The Kier molecular flexibility index (Phi) is 15.6. The Bertz CT molecular complexity index is 1360. The van der Waals surface area contributed by atoms with E-state index in [-0.39, 0.29) is 30.7 Å². The number of nitrogens with zero attached hydrogens (tertiary/aromatic N) is 3. The number of carbonyl (C=O) groups is 4. The standard InChI is InChI=1S/C22H27ClN6O4.2C2HF3O2/c23-18-4-5-19(28-27-18)29-10-7-15(8-11-29)22(32)26-9-12-33-17-13-16(21(24)25)2-1-14(17)3-6-20(30)31;2*3-2(4,5)1(6)7/h1-2,4-5,13,15H,3,6-12H2,(H3,24,25)(H,26,32)(H,30,31);2*(H,6,7). The van der Waals surface area contributed by atoms with Gasteiger partial charge in [0.05, 0.1) is 6.54 Å². The SMILES string of the molecule is N=C(N)c1ccc(CCC(=O)O)c(OCCNC(=O)C2CCN(c3ccc(Cl)nn3)CC2)c1.O=C(O)C(F)(F)F.O=C(O)C(F)(F)F. The summed E-state index contributed by atoms with van der Waals surface area (Å²) in [5.74, 6) is -5.42. The Hall–Kier alpha value is -4.88.